The molecule has 35 heavy (non-hydrogen) atoms. The number of carbonyl (C=O) groups is 3. The van der Waals surface area contributed by atoms with Crippen molar-refractivity contribution in [1.29, 1.82) is 0 Å². The molecule has 0 aromatic heterocycles. The molecule has 3 aromatic rings. The van der Waals surface area contributed by atoms with Crippen LogP contribution in [0.1, 0.15) is 15.9 Å². The van der Waals surface area contributed by atoms with Gasteiger partial charge in [0.1, 0.15) is 17.2 Å². The summed E-state index contributed by atoms with van der Waals surface area (Å²) in [6.07, 6.45) is 0. The fourth-order valence-electron chi connectivity index (χ4n) is 3.13. The molecule has 0 atom stereocenters. The summed E-state index contributed by atoms with van der Waals surface area (Å²) < 4.78 is 15.8. The summed E-state index contributed by atoms with van der Waals surface area (Å²) in [5, 5.41) is 8.01. The molecule has 0 spiro atoms. The van der Waals surface area contributed by atoms with E-state index in [-0.39, 0.29) is 25.0 Å². The first-order valence-corrected chi connectivity index (χ1v) is 10.8. The van der Waals surface area contributed by atoms with Gasteiger partial charge in [0.15, 0.2) is 6.61 Å². The number of rotatable bonds is 10. The Labute approximate surface area is 203 Å². The smallest absolute Gasteiger partial charge is 0.262 e. The predicted octanol–water partition coefficient (Wildman–Crippen LogP) is 3.40. The third kappa shape index (κ3) is 7.50. The molecule has 9 nitrogen and oxygen atoms in total. The first-order valence-electron chi connectivity index (χ1n) is 10.8. The second-order valence-electron chi connectivity index (χ2n) is 7.53. The molecule has 0 aliphatic rings. The quantitative estimate of drug-likeness (QED) is 0.412. The van der Waals surface area contributed by atoms with E-state index in [4.69, 9.17) is 14.2 Å². The predicted molar refractivity (Wildman–Crippen MR) is 132 cm³/mol. The minimum Gasteiger partial charge on any atom is -0.497 e. The van der Waals surface area contributed by atoms with Gasteiger partial charge in [-0.15, -0.1) is 0 Å². The van der Waals surface area contributed by atoms with Gasteiger partial charge in [-0.1, -0.05) is 12.1 Å². The van der Waals surface area contributed by atoms with Crippen LogP contribution in [0.4, 0.5) is 11.4 Å². The van der Waals surface area contributed by atoms with E-state index in [0.717, 1.165) is 5.56 Å². The van der Waals surface area contributed by atoms with Gasteiger partial charge in [-0.2, -0.15) is 0 Å². The van der Waals surface area contributed by atoms with Gasteiger partial charge >= 0.3 is 0 Å². The molecule has 0 saturated heterocycles. The number of nitrogens with one attached hydrogen (secondary N) is 3. The van der Waals surface area contributed by atoms with Crippen LogP contribution >= 0.6 is 0 Å². The zero-order valence-electron chi connectivity index (χ0n) is 19.7. The summed E-state index contributed by atoms with van der Waals surface area (Å²) in [5.41, 5.74) is 2.43. The van der Waals surface area contributed by atoms with Crippen LogP contribution in [0.15, 0.2) is 66.7 Å². The standard InChI is InChI=1S/C26H27N3O6/c1-17-7-12-23(34-3)22(13-17)29-24(30)15-27-26(32)18-8-10-20(11-9-18)35-16-25(31)28-19-5-4-6-21(14-19)33-2/h4-14H,15-16H2,1-3H3,(H,27,32)(H,28,31)(H,29,30). The summed E-state index contributed by atoms with van der Waals surface area (Å²) in [6, 6.07) is 18.6. The number of hydrogen-bond donors (Lipinski definition) is 3. The molecule has 0 saturated carbocycles. The van der Waals surface area contributed by atoms with Gasteiger partial charge in [0.25, 0.3) is 11.8 Å². The van der Waals surface area contributed by atoms with Crippen LogP contribution in [0.3, 0.4) is 0 Å². The fourth-order valence-corrected chi connectivity index (χ4v) is 3.13. The molecular weight excluding hydrogens is 450 g/mol. The van der Waals surface area contributed by atoms with Crippen LogP contribution in [-0.2, 0) is 9.59 Å². The van der Waals surface area contributed by atoms with Crippen molar-refractivity contribution < 1.29 is 28.6 Å². The Morgan fingerprint density at radius 2 is 1.57 bits per heavy atom. The maximum Gasteiger partial charge on any atom is 0.262 e. The minimum absolute atomic E-state index is 0.203. The lowest BCUT2D eigenvalue weighted by molar-refractivity contribution is -0.118. The molecule has 0 heterocycles. The van der Waals surface area contributed by atoms with Crippen molar-refractivity contribution in [2.24, 2.45) is 0 Å². The molecule has 182 valence electrons. The highest BCUT2D eigenvalue weighted by atomic mass is 16.5. The molecule has 0 fully saturated rings. The van der Waals surface area contributed by atoms with Gasteiger partial charge in [-0.05, 0) is 61.0 Å². The van der Waals surface area contributed by atoms with E-state index in [1.807, 2.05) is 13.0 Å². The highest BCUT2D eigenvalue weighted by Crippen LogP contribution is 2.25. The van der Waals surface area contributed by atoms with Crippen LogP contribution in [0, 0.1) is 6.92 Å². The number of hydrogen-bond acceptors (Lipinski definition) is 6. The molecule has 9 heteroatoms. The Hall–Kier alpha value is -4.53. The summed E-state index contributed by atoms with van der Waals surface area (Å²) in [7, 11) is 3.06. The van der Waals surface area contributed by atoms with E-state index < -0.39 is 5.91 Å². The summed E-state index contributed by atoms with van der Waals surface area (Å²) in [4.78, 5) is 36.7. The number of carbonyl (C=O) groups excluding carboxylic acids is 3. The number of aryl methyl sites for hydroxylation is 1. The van der Waals surface area contributed by atoms with Crippen molar-refractivity contribution in [2.75, 3.05) is 38.0 Å². The Balaban J connectivity index is 1.45. The number of amides is 3. The molecule has 0 aliphatic carbocycles. The highest BCUT2D eigenvalue weighted by Gasteiger charge is 2.11. The Bertz CT molecular complexity index is 1190. The zero-order valence-corrected chi connectivity index (χ0v) is 19.7. The molecule has 3 amide bonds. The number of ether oxygens (including phenoxy) is 3. The van der Waals surface area contributed by atoms with Gasteiger partial charge in [-0.25, -0.2) is 0 Å². The van der Waals surface area contributed by atoms with Gasteiger partial charge < -0.3 is 30.2 Å². The van der Waals surface area contributed by atoms with Crippen molar-refractivity contribution in [3.8, 4) is 17.2 Å². The monoisotopic (exact) mass is 477 g/mol. The lowest BCUT2D eigenvalue weighted by atomic mass is 10.2. The largest absolute Gasteiger partial charge is 0.497 e. The Kier molecular flexibility index (Phi) is 8.66. The van der Waals surface area contributed by atoms with E-state index in [0.29, 0.717) is 34.2 Å². The third-order valence-corrected chi connectivity index (χ3v) is 4.88. The first kappa shape index (κ1) is 25.1. The van der Waals surface area contributed by atoms with E-state index in [1.165, 1.54) is 7.11 Å². The second kappa shape index (κ2) is 12.1. The normalized spacial score (nSPS) is 10.1. The summed E-state index contributed by atoms with van der Waals surface area (Å²) >= 11 is 0. The van der Waals surface area contributed by atoms with E-state index in [9.17, 15) is 14.4 Å². The Morgan fingerprint density at radius 1 is 0.800 bits per heavy atom. The SMILES string of the molecule is COc1cccc(NC(=O)COc2ccc(C(=O)NCC(=O)Nc3cc(C)ccc3OC)cc2)c1. The molecular formula is C26H27N3O6. The molecule has 3 N–H and O–H groups in total. The minimum atomic E-state index is -0.418. The van der Waals surface area contributed by atoms with E-state index in [1.54, 1.807) is 67.8 Å². The highest BCUT2D eigenvalue weighted by molar-refractivity contribution is 6.00. The molecule has 3 rings (SSSR count). The van der Waals surface area contributed by atoms with Gasteiger partial charge in [0.05, 0.1) is 26.5 Å². The van der Waals surface area contributed by atoms with Crippen LogP contribution in [0.25, 0.3) is 0 Å². The van der Waals surface area contributed by atoms with Gasteiger partial charge in [0.2, 0.25) is 5.91 Å². The van der Waals surface area contributed by atoms with E-state index >= 15 is 0 Å². The summed E-state index contributed by atoms with van der Waals surface area (Å²) in [6.45, 7) is 1.49. The third-order valence-electron chi connectivity index (χ3n) is 4.88. The van der Waals surface area contributed by atoms with Crippen LogP contribution in [0.5, 0.6) is 17.2 Å². The van der Waals surface area contributed by atoms with Crippen molar-refractivity contribution in [2.45, 2.75) is 6.92 Å². The number of anilines is 2. The number of benzene rings is 3. The average Bonchev–Trinajstić information content (AvgIpc) is 2.86. The molecule has 0 aliphatic heterocycles. The topological polar surface area (TPSA) is 115 Å². The molecule has 0 bridgehead atoms. The van der Waals surface area contributed by atoms with Crippen LogP contribution in [-0.4, -0.2) is 45.1 Å². The van der Waals surface area contributed by atoms with Crippen molar-refractivity contribution in [1.82, 2.24) is 5.32 Å². The zero-order chi connectivity index (χ0) is 25.2. The second-order valence-corrected chi connectivity index (χ2v) is 7.53. The van der Waals surface area contributed by atoms with Gasteiger partial charge in [-0.3, -0.25) is 14.4 Å². The first-order chi connectivity index (χ1) is 16.9. The molecule has 0 radical (unpaired) electrons. The Morgan fingerprint density at radius 3 is 2.29 bits per heavy atom. The van der Waals surface area contributed by atoms with Crippen molar-refractivity contribution in [3.05, 3.63) is 77.9 Å². The van der Waals surface area contributed by atoms with Gasteiger partial charge in [0, 0.05) is 17.3 Å². The van der Waals surface area contributed by atoms with Crippen LogP contribution in [0.2, 0.25) is 0 Å². The summed E-state index contributed by atoms with van der Waals surface area (Å²) in [5.74, 6) is 0.443. The van der Waals surface area contributed by atoms with Crippen molar-refractivity contribution in [3.63, 3.8) is 0 Å². The maximum absolute atomic E-state index is 12.4. The average molecular weight is 478 g/mol. The molecule has 0 unspecified atom stereocenters. The maximum atomic E-state index is 12.4. The molecule has 3 aromatic carbocycles. The van der Waals surface area contributed by atoms with Crippen LogP contribution < -0.4 is 30.2 Å². The van der Waals surface area contributed by atoms with E-state index in [2.05, 4.69) is 16.0 Å². The lowest BCUT2D eigenvalue weighted by Gasteiger charge is -2.12. The lowest BCUT2D eigenvalue weighted by Crippen LogP contribution is -2.32. The number of methoxy groups -OCH3 is 2. The fraction of sp³-hybridized carbons (Fsp3) is 0.192. The van der Waals surface area contributed by atoms with Crippen molar-refractivity contribution >= 4 is 29.1 Å².